The fourth-order valence-corrected chi connectivity index (χ4v) is 0.792. The summed E-state index contributed by atoms with van der Waals surface area (Å²) < 4.78 is 25.2. The standard InChI is InChI=1S/C8H8O2.CHNO3S/c1-10-8(9)7-5-3-2-4-6-7;3-1-2-6(4)5/h2-6H,1H3;6H. The Morgan fingerprint density at radius 2 is 1.88 bits per heavy atom. The van der Waals surface area contributed by atoms with Gasteiger partial charge in [0.25, 0.3) is 17.0 Å². The molecular weight excluding hydrogens is 234 g/mol. The zero-order valence-corrected chi connectivity index (χ0v) is 9.22. The van der Waals surface area contributed by atoms with E-state index in [1.54, 1.807) is 24.3 Å². The number of carbonyl (C=O) groups excluding carboxylic acids is 2. The summed E-state index contributed by atoms with van der Waals surface area (Å²) in [6, 6.07) is 8.88. The van der Waals surface area contributed by atoms with Crippen molar-refractivity contribution in [2.24, 2.45) is 4.40 Å². The van der Waals surface area contributed by atoms with Crippen LogP contribution in [0.1, 0.15) is 10.4 Å². The third-order valence-electron chi connectivity index (χ3n) is 1.32. The smallest absolute Gasteiger partial charge is 0.337 e. The van der Waals surface area contributed by atoms with Crippen molar-refractivity contribution in [2.75, 3.05) is 7.11 Å². The number of isocyanates is 1. The summed E-state index contributed by atoms with van der Waals surface area (Å²) in [5.74, 6) is -0.291. The van der Waals surface area contributed by atoms with Gasteiger partial charge in [0.15, 0.2) is 0 Å². The van der Waals surface area contributed by atoms with Gasteiger partial charge in [0.05, 0.1) is 12.7 Å². The number of rotatable bonds is 2. The molecule has 0 radical (unpaired) electrons. The summed E-state index contributed by atoms with van der Waals surface area (Å²) in [6.45, 7) is 0. The molecule has 0 unspecified atom stereocenters. The van der Waals surface area contributed by atoms with Crippen LogP contribution in [0.15, 0.2) is 34.7 Å². The predicted molar refractivity (Wildman–Crippen MR) is 56.2 cm³/mol. The molecule has 6 nitrogen and oxygen atoms in total. The SMILES string of the molecule is COC(=O)c1ccccc1.O=C=N[SH](=O)=O. The van der Waals surface area contributed by atoms with Gasteiger partial charge in [-0.2, -0.15) is 0 Å². The lowest BCUT2D eigenvalue weighted by Gasteiger charge is -1.95. The lowest BCUT2D eigenvalue weighted by atomic mass is 10.2. The summed E-state index contributed by atoms with van der Waals surface area (Å²) in [5.41, 5.74) is 0.588. The largest absolute Gasteiger partial charge is 0.465 e. The van der Waals surface area contributed by atoms with Gasteiger partial charge < -0.3 is 4.74 Å². The number of thiol groups is 1. The lowest BCUT2D eigenvalue weighted by Crippen LogP contribution is -1.99. The molecule has 86 valence electrons. The molecule has 7 heteroatoms. The molecule has 0 saturated carbocycles. The van der Waals surface area contributed by atoms with E-state index in [9.17, 15) is 13.2 Å². The summed E-state index contributed by atoms with van der Waals surface area (Å²) in [5, 5.41) is 0. The van der Waals surface area contributed by atoms with Gasteiger partial charge in [0.2, 0.25) is 0 Å². The second-order valence-corrected chi connectivity index (χ2v) is 2.96. The zero-order chi connectivity index (χ0) is 12.4. The van der Waals surface area contributed by atoms with Crippen molar-refractivity contribution in [2.45, 2.75) is 0 Å². The topological polar surface area (TPSA) is 89.9 Å². The number of methoxy groups -OCH3 is 1. The third kappa shape index (κ3) is 6.47. The molecule has 0 spiro atoms. The number of ether oxygens (including phenoxy) is 1. The minimum atomic E-state index is -2.90. The Bertz CT molecular complexity index is 440. The van der Waals surface area contributed by atoms with Crippen molar-refractivity contribution in [1.29, 1.82) is 0 Å². The molecule has 0 bridgehead atoms. The van der Waals surface area contributed by atoms with E-state index in [1.807, 2.05) is 6.07 Å². The molecule has 0 amide bonds. The van der Waals surface area contributed by atoms with Crippen LogP contribution in [0.25, 0.3) is 0 Å². The number of hydrogen-bond acceptors (Lipinski definition) is 5. The molecule has 0 aromatic heterocycles. The van der Waals surface area contributed by atoms with Crippen molar-refractivity contribution in [3.05, 3.63) is 35.9 Å². The first-order valence-corrected chi connectivity index (χ1v) is 5.10. The van der Waals surface area contributed by atoms with Gasteiger partial charge >= 0.3 is 5.97 Å². The van der Waals surface area contributed by atoms with Crippen LogP contribution in [0.4, 0.5) is 0 Å². The van der Waals surface area contributed by atoms with Gasteiger partial charge in [-0.25, -0.2) is 18.0 Å². The van der Waals surface area contributed by atoms with Gasteiger partial charge in [-0.05, 0) is 12.1 Å². The summed E-state index contributed by atoms with van der Waals surface area (Å²) in [4.78, 5) is 19.7. The van der Waals surface area contributed by atoms with Crippen molar-refractivity contribution in [3.8, 4) is 0 Å². The Labute approximate surface area is 93.7 Å². The molecule has 0 saturated heterocycles. The monoisotopic (exact) mass is 243 g/mol. The fraction of sp³-hybridized carbons (Fsp3) is 0.111. The Balaban J connectivity index is 0.000000325. The van der Waals surface area contributed by atoms with Gasteiger partial charge in [-0.1, -0.05) is 22.6 Å². The van der Waals surface area contributed by atoms with Crippen molar-refractivity contribution in [3.63, 3.8) is 0 Å². The zero-order valence-electron chi connectivity index (χ0n) is 8.32. The summed E-state index contributed by atoms with van der Waals surface area (Å²) >= 11 is 0. The van der Waals surface area contributed by atoms with Crippen LogP contribution < -0.4 is 0 Å². The van der Waals surface area contributed by atoms with Gasteiger partial charge in [-0.3, -0.25) is 0 Å². The van der Waals surface area contributed by atoms with Crippen LogP contribution >= 0.6 is 0 Å². The number of nitrogens with zero attached hydrogens (tertiary/aromatic N) is 1. The van der Waals surface area contributed by atoms with Crippen molar-refractivity contribution >= 4 is 22.9 Å². The Morgan fingerprint density at radius 3 is 2.19 bits per heavy atom. The molecule has 1 aromatic rings. The highest BCUT2D eigenvalue weighted by Crippen LogP contribution is 1.98. The number of esters is 1. The summed E-state index contributed by atoms with van der Waals surface area (Å²) in [7, 11) is -1.53. The normalized spacial score (nSPS) is 8.38. The lowest BCUT2D eigenvalue weighted by molar-refractivity contribution is 0.0600. The van der Waals surface area contributed by atoms with E-state index in [-0.39, 0.29) is 5.97 Å². The maximum absolute atomic E-state index is 10.8. The van der Waals surface area contributed by atoms with E-state index < -0.39 is 10.9 Å². The van der Waals surface area contributed by atoms with Crippen LogP contribution in [-0.2, 0) is 20.4 Å². The molecular formula is C9H9NO5S. The Hall–Kier alpha value is -1.98. The second kappa shape index (κ2) is 8.34. The van der Waals surface area contributed by atoms with Crippen LogP contribution in [0.2, 0.25) is 0 Å². The van der Waals surface area contributed by atoms with Gasteiger partial charge in [-0.15, -0.1) is 0 Å². The van der Waals surface area contributed by atoms with Crippen molar-refractivity contribution in [1.82, 2.24) is 0 Å². The van der Waals surface area contributed by atoms with E-state index in [0.717, 1.165) is 6.08 Å². The fourth-order valence-electron chi connectivity index (χ4n) is 0.725. The van der Waals surface area contributed by atoms with E-state index in [0.29, 0.717) is 5.56 Å². The van der Waals surface area contributed by atoms with Crippen LogP contribution in [0, 0.1) is 0 Å². The maximum atomic E-state index is 10.8. The third-order valence-corrected chi connectivity index (χ3v) is 1.56. The van der Waals surface area contributed by atoms with E-state index in [4.69, 9.17) is 4.79 Å². The van der Waals surface area contributed by atoms with Gasteiger partial charge in [0, 0.05) is 0 Å². The average Bonchev–Trinajstić information content (AvgIpc) is 2.30. The highest BCUT2D eigenvalue weighted by Gasteiger charge is 2.00. The first-order chi connectivity index (χ1) is 7.61. The van der Waals surface area contributed by atoms with Crippen LogP contribution in [0.5, 0.6) is 0 Å². The van der Waals surface area contributed by atoms with Crippen LogP contribution in [-0.4, -0.2) is 27.6 Å². The molecule has 0 aliphatic carbocycles. The summed E-state index contributed by atoms with van der Waals surface area (Å²) in [6.07, 6.45) is 0.846. The molecule has 0 aliphatic rings. The highest BCUT2D eigenvalue weighted by atomic mass is 32.2. The first-order valence-electron chi connectivity index (χ1n) is 3.97. The molecule has 0 fully saturated rings. The quantitative estimate of drug-likeness (QED) is 0.349. The van der Waals surface area contributed by atoms with Gasteiger partial charge in [0.1, 0.15) is 0 Å². The van der Waals surface area contributed by atoms with E-state index >= 15 is 0 Å². The van der Waals surface area contributed by atoms with Crippen LogP contribution in [0.3, 0.4) is 0 Å². The van der Waals surface area contributed by atoms with E-state index in [2.05, 4.69) is 9.13 Å². The molecule has 0 atom stereocenters. The molecule has 0 N–H and O–H groups in total. The average molecular weight is 243 g/mol. The molecule has 0 heterocycles. The Morgan fingerprint density at radius 1 is 1.31 bits per heavy atom. The second-order valence-electron chi connectivity index (χ2n) is 2.29. The Kier molecular flexibility index (Phi) is 7.31. The highest BCUT2D eigenvalue weighted by molar-refractivity contribution is 7.71. The molecule has 1 aromatic carbocycles. The minimum Gasteiger partial charge on any atom is -0.465 e. The molecule has 1 rings (SSSR count). The first kappa shape index (κ1) is 14.0. The number of carbonyl (C=O) groups is 1. The van der Waals surface area contributed by atoms with Crippen molar-refractivity contribution < 1.29 is 22.7 Å². The molecule has 16 heavy (non-hydrogen) atoms. The molecule has 0 aliphatic heterocycles. The maximum Gasteiger partial charge on any atom is 0.337 e. The number of hydrogen-bond donors (Lipinski definition) is 1. The van der Waals surface area contributed by atoms with E-state index in [1.165, 1.54) is 7.11 Å². The minimum absolute atomic E-state index is 0.291. The number of benzene rings is 1. The predicted octanol–water partition coefficient (Wildman–Crippen LogP) is 0.322.